The molecule has 0 saturated carbocycles. The Balaban J connectivity index is 0.000000220. The number of rotatable bonds is 4. The van der Waals surface area contributed by atoms with E-state index in [1.807, 2.05) is 12.5 Å². The minimum Gasteiger partial charge on any atom is -0.258 e. The maximum absolute atomic E-state index is 10.2. The molecule has 0 saturated heterocycles. The Morgan fingerprint density at radius 3 is 1.14 bits per heavy atom. The molecule has 0 heterocycles. The monoisotopic (exact) mass is 338 g/mol. The summed E-state index contributed by atoms with van der Waals surface area (Å²) in [5.41, 5.74) is 0.283. The molecule has 0 amide bonds. The van der Waals surface area contributed by atoms with E-state index in [0.29, 0.717) is 0 Å². The van der Waals surface area contributed by atoms with Gasteiger partial charge in [-0.3, -0.25) is 20.2 Å². The second-order valence-corrected chi connectivity index (χ2v) is 5.67. The molecule has 0 aliphatic heterocycles. The lowest BCUT2D eigenvalue weighted by molar-refractivity contribution is -0.385. The summed E-state index contributed by atoms with van der Waals surface area (Å²) in [6, 6.07) is 13.0. The molecular weight excluding hydrogens is 324 g/mol. The van der Waals surface area contributed by atoms with Crippen molar-refractivity contribution in [2.45, 2.75) is 9.79 Å². The molecule has 0 aliphatic rings. The van der Waals surface area contributed by atoms with Crippen LogP contribution in [0.15, 0.2) is 58.3 Å². The van der Waals surface area contributed by atoms with Gasteiger partial charge in [0.25, 0.3) is 11.4 Å². The summed E-state index contributed by atoms with van der Waals surface area (Å²) in [6.07, 6.45) is 3.86. The Labute approximate surface area is 136 Å². The van der Waals surface area contributed by atoms with Crippen molar-refractivity contribution in [3.8, 4) is 0 Å². The summed E-state index contributed by atoms with van der Waals surface area (Å²) in [4.78, 5) is 21.7. The third kappa shape index (κ3) is 5.74. The van der Waals surface area contributed by atoms with Crippen LogP contribution in [0.2, 0.25) is 0 Å². The molecule has 2 aromatic carbocycles. The van der Waals surface area contributed by atoms with Crippen molar-refractivity contribution in [2.75, 3.05) is 12.5 Å². The molecule has 0 spiro atoms. The molecule has 0 aliphatic carbocycles. The Bertz CT molecular complexity index is 573. The lowest BCUT2D eigenvalue weighted by Gasteiger charge is -1.93. The first-order valence-electron chi connectivity index (χ1n) is 6.04. The lowest BCUT2D eigenvalue weighted by Crippen LogP contribution is -1.85. The van der Waals surface area contributed by atoms with Crippen molar-refractivity contribution in [3.63, 3.8) is 0 Å². The standard InChI is InChI=1S/2C7H7NO2S/c2*1-11-7-4-2-6(3-5-7)8(9)10/h2*2-5H,1H3. The third-order valence-electron chi connectivity index (χ3n) is 2.57. The normalized spacial score (nSPS) is 9.55. The number of hydrogen-bond donors (Lipinski definition) is 0. The highest BCUT2D eigenvalue weighted by Crippen LogP contribution is 2.19. The zero-order chi connectivity index (χ0) is 16.5. The average Bonchev–Trinajstić information content (AvgIpc) is 2.55. The van der Waals surface area contributed by atoms with E-state index in [1.54, 1.807) is 47.8 Å². The summed E-state index contributed by atoms with van der Waals surface area (Å²) in [5.74, 6) is 0. The molecule has 0 unspecified atom stereocenters. The van der Waals surface area contributed by atoms with Gasteiger partial charge in [-0.1, -0.05) is 0 Å². The van der Waals surface area contributed by atoms with E-state index in [2.05, 4.69) is 0 Å². The van der Waals surface area contributed by atoms with E-state index < -0.39 is 9.85 Å². The zero-order valence-corrected chi connectivity index (χ0v) is 13.6. The van der Waals surface area contributed by atoms with Crippen molar-refractivity contribution >= 4 is 34.9 Å². The molecule has 0 aromatic heterocycles. The third-order valence-corrected chi connectivity index (χ3v) is 4.05. The lowest BCUT2D eigenvalue weighted by atomic mass is 10.3. The van der Waals surface area contributed by atoms with Crippen LogP contribution in [0.25, 0.3) is 0 Å². The number of nitrogens with zero attached hydrogens (tertiary/aromatic N) is 2. The van der Waals surface area contributed by atoms with Gasteiger partial charge in [-0.05, 0) is 36.8 Å². The minimum absolute atomic E-state index is 0.141. The van der Waals surface area contributed by atoms with Crippen LogP contribution < -0.4 is 0 Å². The van der Waals surface area contributed by atoms with Crippen LogP contribution in [0.3, 0.4) is 0 Å². The van der Waals surface area contributed by atoms with Crippen LogP contribution >= 0.6 is 23.5 Å². The fraction of sp³-hybridized carbons (Fsp3) is 0.143. The molecule has 0 bridgehead atoms. The van der Waals surface area contributed by atoms with Gasteiger partial charge < -0.3 is 0 Å². The van der Waals surface area contributed by atoms with Crippen molar-refractivity contribution in [3.05, 3.63) is 68.8 Å². The number of non-ortho nitro benzene ring substituents is 2. The van der Waals surface area contributed by atoms with Crippen molar-refractivity contribution < 1.29 is 9.85 Å². The number of nitro groups is 2. The first kappa shape index (κ1) is 18.0. The van der Waals surface area contributed by atoms with Gasteiger partial charge in [0.15, 0.2) is 0 Å². The predicted molar refractivity (Wildman–Crippen MR) is 89.8 cm³/mol. The highest BCUT2D eigenvalue weighted by molar-refractivity contribution is 7.98. The second kappa shape index (κ2) is 9.06. The van der Waals surface area contributed by atoms with Gasteiger partial charge in [-0.2, -0.15) is 0 Å². The molecule has 8 heteroatoms. The smallest absolute Gasteiger partial charge is 0.258 e. The van der Waals surface area contributed by atoms with E-state index in [1.165, 1.54) is 24.3 Å². The van der Waals surface area contributed by atoms with Crippen molar-refractivity contribution in [2.24, 2.45) is 0 Å². The van der Waals surface area contributed by atoms with Gasteiger partial charge >= 0.3 is 0 Å². The number of nitro benzene ring substituents is 2. The van der Waals surface area contributed by atoms with Gasteiger partial charge in [0, 0.05) is 34.1 Å². The van der Waals surface area contributed by atoms with Crippen LogP contribution in [0.1, 0.15) is 0 Å². The molecule has 0 radical (unpaired) electrons. The molecule has 116 valence electrons. The number of hydrogen-bond acceptors (Lipinski definition) is 6. The number of thioether (sulfide) groups is 2. The second-order valence-electron chi connectivity index (χ2n) is 3.91. The summed E-state index contributed by atoms with van der Waals surface area (Å²) < 4.78 is 0. The largest absolute Gasteiger partial charge is 0.269 e. The maximum atomic E-state index is 10.2. The summed E-state index contributed by atoms with van der Waals surface area (Å²) >= 11 is 3.13. The van der Waals surface area contributed by atoms with Crippen LogP contribution in [0, 0.1) is 20.2 Å². The molecule has 22 heavy (non-hydrogen) atoms. The Morgan fingerprint density at radius 1 is 0.682 bits per heavy atom. The molecule has 2 rings (SSSR count). The molecule has 0 N–H and O–H groups in total. The van der Waals surface area contributed by atoms with Crippen molar-refractivity contribution in [1.29, 1.82) is 0 Å². The average molecular weight is 338 g/mol. The van der Waals surface area contributed by atoms with Crippen LogP contribution in [0.5, 0.6) is 0 Å². The van der Waals surface area contributed by atoms with Gasteiger partial charge in [0.2, 0.25) is 0 Å². The van der Waals surface area contributed by atoms with E-state index in [0.717, 1.165) is 9.79 Å². The van der Waals surface area contributed by atoms with E-state index in [4.69, 9.17) is 0 Å². The molecular formula is C14H14N2O4S2. The van der Waals surface area contributed by atoms with E-state index in [-0.39, 0.29) is 11.4 Å². The zero-order valence-electron chi connectivity index (χ0n) is 12.0. The Morgan fingerprint density at radius 2 is 0.955 bits per heavy atom. The van der Waals surface area contributed by atoms with Crippen molar-refractivity contribution in [1.82, 2.24) is 0 Å². The van der Waals surface area contributed by atoms with Crippen LogP contribution in [-0.2, 0) is 0 Å². The highest BCUT2D eigenvalue weighted by Gasteiger charge is 2.02. The topological polar surface area (TPSA) is 86.3 Å². The van der Waals surface area contributed by atoms with Gasteiger partial charge in [-0.25, -0.2) is 0 Å². The summed E-state index contributed by atoms with van der Waals surface area (Å²) in [5, 5.41) is 20.4. The van der Waals surface area contributed by atoms with Crippen LogP contribution in [0.4, 0.5) is 11.4 Å². The van der Waals surface area contributed by atoms with Crippen LogP contribution in [-0.4, -0.2) is 22.4 Å². The first-order valence-corrected chi connectivity index (χ1v) is 8.49. The molecule has 0 fully saturated rings. The quantitative estimate of drug-likeness (QED) is 0.459. The Hall–Kier alpha value is -2.06. The Kier molecular flexibility index (Phi) is 7.41. The summed E-state index contributed by atoms with van der Waals surface area (Å²) in [7, 11) is 0. The van der Waals surface area contributed by atoms with Gasteiger partial charge in [0.05, 0.1) is 9.85 Å². The highest BCUT2D eigenvalue weighted by atomic mass is 32.2. The fourth-order valence-corrected chi connectivity index (χ4v) is 2.22. The summed E-state index contributed by atoms with van der Waals surface area (Å²) in [6.45, 7) is 0. The first-order chi connectivity index (χ1) is 10.5. The predicted octanol–water partition coefficient (Wildman–Crippen LogP) is 4.63. The molecule has 0 atom stereocenters. The van der Waals surface area contributed by atoms with Gasteiger partial charge in [0.1, 0.15) is 0 Å². The molecule has 6 nitrogen and oxygen atoms in total. The SMILES string of the molecule is CSc1ccc([N+](=O)[O-])cc1.CSc1ccc([N+](=O)[O-])cc1. The molecule has 2 aromatic rings. The number of benzene rings is 2. The van der Waals surface area contributed by atoms with Gasteiger partial charge in [-0.15, -0.1) is 23.5 Å². The van der Waals surface area contributed by atoms with E-state index in [9.17, 15) is 20.2 Å². The minimum atomic E-state index is -0.399. The fourth-order valence-electron chi connectivity index (χ4n) is 1.41. The van der Waals surface area contributed by atoms with E-state index >= 15 is 0 Å². The maximum Gasteiger partial charge on any atom is 0.269 e.